The van der Waals surface area contributed by atoms with Crippen molar-refractivity contribution in [2.45, 2.75) is 6.61 Å². The van der Waals surface area contributed by atoms with Gasteiger partial charge in [0.1, 0.15) is 5.82 Å². The van der Waals surface area contributed by atoms with E-state index in [9.17, 15) is 8.78 Å². The number of benzene rings is 2. The number of nitrogens with two attached hydrogens (primary N) is 1. The molecule has 0 atom stereocenters. The largest absolute Gasteiger partial charge is 0.481 e. The topological polar surface area (TPSA) is 74.2 Å². The van der Waals surface area contributed by atoms with Crippen LogP contribution in [0.4, 0.5) is 14.5 Å². The third-order valence-corrected chi connectivity index (χ3v) is 2.90. The Morgan fingerprint density at radius 2 is 1.91 bits per heavy atom. The van der Waals surface area contributed by atoms with Crippen molar-refractivity contribution in [3.8, 4) is 17.2 Å². The molecule has 3 rings (SSSR count). The highest BCUT2D eigenvalue weighted by molar-refractivity contribution is 5.69. The van der Waals surface area contributed by atoms with Crippen molar-refractivity contribution in [2.24, 2.45) is 0 Å². The second-order valence-electron chi connectivity index (χ2n) is 4.45. The van der Waals surface area contributed by atoms with Gasteiger partial charge in [0.25, 0.3) is 5.89 Å². The summed E-state index contributed by atoms with van der Waals surface area (Å²) in [5, 5.41) is 7.67. The Morgan fingerprint density at radius 1 is 1.09 bits per heavy atom. The van der Waals surface area contributed by atoms with E-state index in [2.05, 4.69) is 10.2 Å². The molecule has 2 N–H and O–H groups in total. The van der Waals surface area contributed by atoms with Crippen molar-refractivity contribution < 1.29 is 17.9 Å². The van der Waals surface area contributed by atoms with Crippen molar-refractivity contribution in [1.82, 2.24) is 10.2 Å². The molecule has 0 bridgehead atoms. The lowest BCUT2D eigenvalue weighted by Crippen LogP contribution is -1.98. The van der Waals surface area contributed by atoms with Crippen LogP contribution in [0.1, 0.15) is 5.89 Å². The van der Waals surface area contributed by atoms with E-state index in [-0.39, 0.29) is 24.1 Å². The highest BCUT2D eigenvalue weighted by atomic mass is 19.1. The van der Waals surface area contributed by atoms with Crippen LogP contribution in [0.2, 0.25) is 0 Å². The lowest BCUT2D eigenvalue weighted by Gasteiger charge is -2.04. The van der Waals surface area contributed by atoms with Crippen LogP contribution in [0, 0.1) is 11.6 Å². The molecule has 0 aliphatic carbocycles. The number of rotatable bonds is 4. The van der Waals surface area contributed by atoms with E-state index in [0.29, 0.717) is 11.3 Å². The van der Waals surface area contributed by atoms with Crippen molar-refractivity contribution in [3.05, 3.63) is 60.0 Å². The zero-order valence-corrected chi connectivity index (χ0v) is 11.3. The summed E-state index contributed by atoms with van der Waals surface area (Å²) < 4.78 is 36.8. The molecule has 0 fully saturated rings. The first kappa shape index (κ1) is 14.0. The Hall–Kier alpha value is -2.96. The van der Waals surface area contributed by atoms with E-state index in [1.165, 1.54) is 6.07 Å². The van der Waals surface area contributed by atoms with Crippen LogP contribution in [0.25, 0.3) is 11.5 Å². The molecule has 2 aromatic carbocycles. The molecule has 0 radical (unpaired) electrons. The van der Waals surface area contributed by atoms with Crippen molar-refractivity contribution in [1.29, 1.82) is 0 Å². The SMILES string of the molecule is Nc1ccccc1-c1nnc(COc2ccc(F)cc2F)o1. The maximum atomic E-state index is 13.4. The Balaban J connectivity index is 1.74. The molecule has 112 valence electrons. The van der Waals surface area contributed by atoms with Crippen LogP contribution in [-0.2, 0) is 6.61 Å². The van der Waals surface area contributed by atoms with Crippen molar-refractivity contribution in [2.75, 3.05) is 5.73 Å². The lowest BCUT2D eigenvalue weighted by atomic mass is 10.2. The molecule has 7 heteroatoms. The molecule has 0 spiro atoms. The summed E-state index contributed by atoms with van der Waals surface area (Å²) in [4.78, 5) is 0. The molecule has 5 nitrogen and oxygen atoms in total. The van der Waals surface area contributed by atoms with Gasteiger partial charge in [0.2, 0.25) is 5.89 Å². The van der Waals surface area contributed by atoms with E-state index in [0.717, 1.165) is 12.1 Å². The number of ether oxygens (including phenoxy) is 1. The average molecular weight is 303 g/mol. The number of hydrogen-bond acceptors (Lipinski definition) is 5. The molecule has 0 saturated heterocycles. The number of aromatic nitrogens is 2. The van der Waals surface area contributed by atoms with Gasteiger partial charge in [-0.05, 0) is 24.3 Å². The molecule has 3 aromatic rings. The number of nitrogen functional groups attached to an aromatic ring is 1. The van der Waals surface area contributed by atoms with E-state index in [4.69, 9.17) is 14.9 Å². The van der Waals surface area contributed by atoms with Crippen LogP contribution in [0.15, 0.2) is 46.9 Å². The van der Waals surface area contributed by atoms with Gasteiger partial charge in [-0.25, -0.2) is 8.78 Å². The first-order valence-electron chi connectivity index (χ1n) is 6.38. The van der Waals surface area contributed by atoms with Crippen LogP contribution in [-0.4, -0.2) is 10.2 Å². The fourth-order valence-electron chi connectivity index (χ4n) is 1.84. The normalized spacial score (nSPS) is 10.6. The first-order chi connectivity index (χ1) is 10.6. The fourth-order valence-corrected chi connectivity index (χ4v) is 1.84. The van der Waals surface area contributed by atoms with Crippen LogP contribution in [0.5, 0.6) is 5.75 Å². The molecule has 0 aliphatic rings. The van der Waals surface area contributed by atoms with E-state index >= 15 is 0 Å². The molecule has 0 saturated carbocycles. The number of hydrogen-bond donors (Lipinski definition) is 1. The summed E-state index contributed by atoms with van der Waals surface area (Å²) in [5.74, 6) is -1.17. The quantitative estimate of drug-likeness (QED) is 0.749. The number of halogens is 2. The smallest absolute Gasteiger partial charge is 0.254 e. The monoisotopic (exact) mass is 303 g/mol. The van der Waals surface area contributed by atoms with Crippen molar-refractivity contribution in [3.63, 3.8) is 0 Å². The Kier molecular flexibility index (Phi) is 3.69. The van der Waals surface area contributed by atoms with Gasteiger partial charge in [-0.2, -0.15) is 0 Å². The van der Waals surface area contributed by atoms with Crippen LogP contribution in [0.3, 0.4) is 0 Å². The van der Waals surface area contributed by atoms with Gasteiger partial charge < -0.3 is 14.9 Å². The van der Waals surface area contributed by atoms with E-state index in [1.54, 1.807) is 24.3 Å². The summed E-state index contributed by atoms with van der Waals surface area (Å²) >= 11 is 0. The number of para-hydroxylation sites is 1. The number of anilines is 1. The third-order valence-electron chi connectivity index (χ3n) is 2.90. The first-order valence-corrected chi connectivity index (χ1v) is 6.38. The molecule has 1 heterocycles. The Bertz CT molecular complexity index is 805. The maximum absolute atomic E-state index is 13.4. The van der Waals surface area contributed by atoms with Gasteiger partial charge in [-0.15, -0.1) is 10.2 Å². The minimum absolute atomic E-state index is 0.0969. The molecule has 0 amide bonds. The predicted octanol–water partition coefficient (Wildman–Crippen LogP) is 3.18. The number of nitrogens with zero attached hydrogens (tertiary/aromatic N) is 2. The summed E-state index contributed by atoms with van der Waals surface area (Å²) in [6.07, 6.45) is 0. The molecular formula is C15H11F2N3O2. The highest BCUT2D eigenvalue weighted by Gasteiger charge is 2.12. The third kappa shape index (κ3) is 2.88. The highest BCUT2D eigenvalue weighted by Crippen LogP contribution is 2.24. The van der Waals surface area contributed by atoms with Gasteiger partial charge >= 0.3 is 0 Å². The molecular weight excluding hydrogens is 292 g/mol. The van der Waals surface area contributed by atoms with E-state index < -0.39 is 11.6 Å². The zero-order valence-electron chi connectivity index (χ0n) is 11.3. The Labute approximate surface area is 124 Å². The summed E-state index contributed by atoms with van der Waals surface area (Å²) in [7, 11) is 0. The second kappa shape index (κ2) is 5.80. The molecule has 0 aliphatic heterocycles. The summed E-state index contributed by atoms with van der Waals surface area (Å²) in [6.45, 7) is -0.137. The maximum Gasteiger partial charge on any atom is 0.254 e. The fraction of sp³-hybridized carbons (Fsp3) is 0.0667. The van der Waals surface area contributed by atoms with Gasteiger partial charge in [-0.3, -0.25) is 0 Å². The van der Waals surface area contributed by atoms with E-state index in [1.807, 2.05) is 0 Å². The van der Waals surface area contributed by atoms with Gasteiger partial charge in [-0.1, -0.05) is 12.1 Å². The predicted molar refractivity (Wildman–Crippen MR) is 74.8 cm³/mol. The molecule has 1 aromatic heterocycles. The summed E-state index contributed by atoms with van der Waals surface area (Å²) in [6, 6.07) is 10.1. The van der Waals surface area contributed by atoms with Gasteiger partial charge in [0.15, 0.2) is 18.2 Å². The Morgan fingerprint density at radius 3 is 2.68 bits per heavy atom. The second-order valence-corrected chi connectivity index (χ2v) is 4.45. The lowest BCUT2D eigenvalue weighted by molar-refractivity contribution is 0.252. The minimum atomic E-state index is -0.799. The molecule has 0 unspecified atom stereocenters. The van der Waals surface area contributed by atoms with Gasteiger partial charge in [0, 0.05) is 11.8 Å². The standard InChI is InChI=1S/C15H11F2N3O2/c16-9-5-6-13(11(17)7-9)21-8-14-19-20-15(22-14)10-3-1-2-4-12(10)18/h1-7H,8,18H2. The zero-order chi connectivity index (χ0) is 15.5. The van der Waals surface area contributed by atoms with Crippen LogP contribution >= 0.6 is 0 Å². The van der Waals surface area contributed by atoms with Crippen molar-refractivity contribution >= 4 is 5.69 Å². The van der Waals surface area contributed by atoms with Crippen LogP contribution < -0.4 is 10.5 Å². The van der Waals surface area contributed by atoms with Gasteiger partial charge in [0.05, 0.1) is 5.56 Å². The minimum Gasteiger partial charge on any atom is -0.481 e. The average Bonchev–Trinajstić information content (AvgIpc) is 2.95. The molecule has 22 heavy (non-hydrogen) atoms. The summed E-state index contributed by atoms with van der Waals surface area (Å²) in [5.41, 5.74) is 6.93.